The molecule has 0 aliphatic carbocycles. The van der Waals surface area contributed by atoms with Crippen LogP contribution in [0.25, 0.3) is 0 Å². The molecule has 1 atom stereocenters. The summed E-state index contributed by atoms with van der Waals surface area (Å²) >= 11 is 0. The molecule has 0 saturated carbocycles. The Kier molecular flexibility index (Phi) is 5.87. The monoisotopic (exact) mass is 296 g/mol. The molecule has 1 aliphatic heterocycles. The molecule has 9 heteroatoms. The van der Waals surface area contributed by atoms with E-state index in [0.29, 0.717) is 19.4 Å². The Balaban J connectivity index is 2.65. The van der Waals surface area contributed by atoms with Gasteiger partial charge in [-0.05, 0) is 19.3 Å². The van der Waals surface area contributed by atoms with Crippen LogP contribution < -0.4 is 0 Å². The van der Waals surface area contributed by atoms with Crippen molar-refractivity contribution in [1.82, 2.24) is 0 Å². The minimum Gasteiger partial charge on any atom is -0.379 e. The first-order valence-electron chi connectivity index (χ1n) is 5.69. The summed E-state index contributed by atoms with van der Waals surface area (Å²) in [6.07, 6.45) is -15.5. The Bertz CT molecular complexity index is 241. The molecule has 114 valence electrons. The molecule has 0 radical (unpaired) electrons. The maximum Gasteiger partial charge on any atom is 0.423 e. The van der Waals surface area contributed by atoms with Crippen LogP contribution in [0.1, 0.15) is 19.3 Å². The molecule has 0 spiro atoms. The van der Waals surface area contributed by atoms with E-state index >= 15 is 0 Å². The average Bonchev–Trinajstić information content (AvgIpc) is 2.36. The van der Waals surface area contributed by atoms with Crippen molar-refractivity contribution in [2.45, 2.75) is 44.0 Å². The summed E-state index contributed by atoms with van der Waals surface area (Å²) in [5.74, 6) is 0. The summed E-state index contributed by atoms with van der Waals surface area (Å²) in [5, 5.41) is 0. The van der Waals surface area contributed by atoms with Crippen molar-refractivity contribution < 1.29 is 40.6 Å². The molecule has 1 aliphatic rings. The van der Waals surface area contributed by atoms with Gasteiger partial charge in [0.1, 0.15) is 0 Å². The first-order chi connectivity index (χ1) is 8.71. The number of rotatable bonds is 2. The van der Waals surface area contributed by atoms with E-state index in [1.165, 1.54) is 0 Å². The molecule has 0 bridgehead atoms. The van der Waals surface area contributed by atoms with Crippen LogP contribution in [0.4, 0.5) is 26.3 Å². The van der Waals surface area contributed by atoms with Gasteiger partial charge in [0.25, 0.3) is 6.10 Å². The van der Waals surface area contributed by atoms with E-state index in [0.717, 1.165) is 0 Å². The molecule has 1 saturated heterocycles. The summed E-state index contributed by atoms with van der Waals surface area (Å²) in [6.45, 7) is 0.410. The lowest BCUT2D eigenvalue weighted by molar-refractivity contribution is -0.353. The summed E-state index contributed by atoms with van der Waals surface area (Å²) in [5.41, 5.74) is 0. The summed E-state index contributed by atoms with van der Waals surface area (Å²) in [7, 11) is 0. The van der Waals surface area contributed by atoms with Crippen molar-refractivity contribution in [3.63, 3.8) is 0 Å². The van der Waals surface area contributed by atoms with E-state index in [2.05, 4.69) is 4.74 Å². The number of halogens is 6. The Morgan fingerprint density at radius 1 is 0.895 bits per heavy atom. The number of ether oxygens (including phenoxy) is 3. The fourth-order valence-electron chi connectivity index (χ4n) is 1.54. The minimum atomic E-state index is -5.52. The second kappa shape index (κ2) is 6.76. The average molecular weight is 296 g/mol. The Morgan fingerprint density at radius 3 is 2.11 bits per heavy atom. The quantitative estimate of drug-likeness (QED) is 0.733. The topological polar surface area (TPSA) is 27.7 Å². The highest BCUT2D eigenvalue weighted by Crippen LogP contribution is 2.37. The third-order valence-corrected chi connectivity index (χ3v) is 2.39. The van der Waals surface area contributed by atoms with Crippen LogP contribution in [0.15, 0.2) is 0 Å². The van der Waals surface area contributed by atoms with Gasteiger partial charge in [-0.15, -0.1) is 0 Å². The fraction of sp³-hybridized carbons (Fsp3) is 1.00. The highest BCUT2D eigenvalue weighted by molar-refractivity contribution is 4.76. The minimum absolute atomic E-state index is 0.0357. The van der Waals surface area contributed by atoms with Crippen LogP contribution in [0.5, 0.6) is 0 Å². The van der Waals surface area contributed by atoms with Gasteiger partial charge in [-0.1, -0.05) is 0 Å². The highest BCUT2D eigenvalue weighted by Gasteiger charge is 2.58. The second-order valence-corrected chi connectivity index (χ2v) is 4.01. The third kappa shape index (κ3) is 5.96. The van der Waals surface area contributed by atoms with Gasteiger partial charge in [0.15, 0.2) is 6.29 Å². The van der Waals surface area contributed by atoms with Gasteiger partial charge in [-0.3, -0.25) is 0 Å². The van der Waals surface area contributed by atoms with Gasteiger partial charge in [-0.25, -0.2) is 0 Å². The van der Waals surface area contributed by atoms with Crippen molar-refractivity contribution in [3.05, 3.63) is 0 Å². The lowest BCUT2D eigenvalue weighted by Crippen LogP contribution is -2.47. The molecule has 0 N–H and O–H groups in total. The molecule has 1 heterocycles. The van der Waals surface area contributed by atoms with Crippen molar-refractivity contribution >= 4 is 0 Å². The molecule has 0 aromatic rings. The Labute approximate surface area is 105 Å². The van der Waals surface area contributed by atoms with Crippen molar-refractivity contribution in [2.75, 3.05) is 19.8 Å². The predicted octanol–water partition coefficient (Wildman–Crippen LogP) is 3.04. The zero-order valence-electron chi connectivity index (χ0n) is 9.89. The van der Waals surface area contributed by atoms with Crippen molar-refractivity contribution in [2.24, 2.45) is 0 Å². The zero-order valence-corrected chi connectivity index (χ0v) is 9.89. The first kappa shape index (κ1) is 16.5. The van der Waals surface area contributed by atoms with Gasteiger partial charge < -0.3 is 14.2 Å². The van der Waals surface area contributed by atoms with Gasteiger partial charge >= 0.3 is 12.4 Å². The molecular weight excluding hydrogens is 282 g/mol. The second-order valence-electron chi connectivity index (χ2n) is 4.01. The molecule has 0 aromatic heterocycles. The number of hydrogen-bond donors (Lipinski definition) is 0. The molecule has 1 unspecified atom stereocenters. The summed E-state index contributed by atoms with van der Waals surface area (Å²) < 4.78 is 87.8. The molecule has 0 amide bonds. The van der Waals surface area contributed by atoms with E-state index in [1.54, 1.807) is 0 Å². The van der Waals surface area contributed by atoms with E-state index in [1.807, 2.05) is 0 Å². The highest BCUT2D eigenvalue weighted by atomic mass is 19.4. The lowest BCUT2D eigenvalue weighted by atomic mass is 10.2. The van der Waals surface area contributed by atoms with Crippen molar-refractivity contribution in [1.29, 1.82) is 0 Å². The van der Waals surface area contributed by atoms with E-state index in [9.17, 15) is 26.3 Å². The van der Waals surface area contributed by atoms with Gasteiger partial charge in [-0.2, -0.15) is 26.3 Å². The molecule has 1 rings (SSSR count). The third-order valence-electron chi connectivity index (χ3n) is 2.39. The van der Waals surface area contributed by atoms with Gasteiger partial charge in [0, 0.05) is 6.61 Å². The van der Waals surface area contributed by atoms with E-state index < -0.39 is 24.7 Å². The maximum absolute atomic E-state index is 12.3. The normalized spacial score (nSPS) is 23.8. The van der Waals surface area contributed by atoms with Crippen molar-refractivity contribution in [3.8, 4) is 0 Å². The molecule has 19 heavy (non-hydrogen) atoms. The molecule has 1 fully saturated rings. The Hall–Kier alpha value is -0.540. The first-order valence-corrected chi connectivity index (χ1v) is 5.69. The standard InChI is InChI=1S/C10H14F6O3/c11-9(12,13)8(10(14,15)16)19-7-3-1-2-4-17-5-6-18-7/h7-8H,1-6H2. The van der Waals surface area contributed by atoms with Crippen LogP contribution in [-0.2, 0) is 14.2 Å². The maximum atomic E-state index is 12.3. The number of hydrogen-bond acceptors (Lipinski definition) is 3. The summed E-state index contributed by atoms with van der Waals surface area (Å²) in [6, 6.07) is 0. The smallest absolute Gasteiger partial charge is 0.379 e. The number of alkyl halides is 6. The van der Waals surface area contributed by atoms with E-state index in [-0.39, 0.29) is 19.6 Å². The molecule has 3 nitrogen and oxygen atoms in total. The largest absolute Gasteiger partial charge is 0.423 e. The summed E-state index contributed by atoms with van der Waals surface area (Å²) in [4.78, 5) is 0. The van der Waals surface area contributed by atoms with Crippen LogP contribution in [0.2, 0.25) is 0 Å². The van der Waals surface area contributed by atoms with Crippen LogP contribution in [-0.4, -0.2) is 44.6 Å². The molecule has 0 aromatic carbocycles. The van der Waals surface area contributed by atoms with Crippen LogP contribution in [0, 0.1) is 0 Å². The predicted molar refractivity (Wildman–Crippen MR) is 51.4 cm³/mol. The molecular formula is C10H14F6O3. The Morgan fingerprint density at radius 2 is 1.53 bits per heavy atom. The van der Waals surface area contributed by atoms with Gasteiger partial charge in [0.2, 0.25) is 0 Å². The van der Waals surface area contributed by atoms with Crippen LogP contribution >= 0.6 is 0 Å². The van der Waals surface area contributed by atoms with Crippen LogP contribution in [0.3, 0.4) is 0 Å². The lowest BCUT2D eigenvalue weighted by Gasteiger charge is -2.27. The SMILES string of the molecule is FC(F)(F)C(OC1CCCCOCCO1)C(F)(F)F. The van der Waals surface area contributed by atoms with E-state index in [4.69, 9.17) is 9.47 Å². The van der Waals surface area contributed by atoms with Gasteiger partial charge in [0.05, 0.1) is 13.2 Å². The fourth-order valence-corrected chi connectivity index (χ4v) is 1.54. The zero-order chi connectivity index (χ0) is 14.5.